The van der Waals surface area contributed by atoms with E-state index in [1.165, 1.54) is 50.5 Å². The molecule has 0 heterocycles. The number of hydrogen-bond donors (Lipinski definition) is 1. The molecule has 0 bridgehead atoms. The quantitative estimate of drug-likeness (QED) is 0.460. The fourth-order valence-corrected chi connectivity index (χ4v) is 2.64. The second-order valence-electron chi connectivity index (χ2n) is 6.18. The van der Waals surface area contributed by atoms with Gasteiger partial charge in [-0.25, -0.2) is 0 Å². The smallest absolute Gasteiger partial charge is 0.124 e. The molecule has 0 aliphatic carbocycles. The first kappa shape index (κ1) is 19.0. The summed E-state index contributed by atoms with van der Waals surface area (Å²) in [5, 5.41) is 3.58. The topological polar surface area (TPSA) is 21.3 Å². The zero-order chi connectivity index (χ0) is 16.0. The zero-order valence-corrected chi connectivity index (χ0v) is 14.9. The molecular weight excluding hydrogens is 270 g/mol. The summed E-state index contributed by atoms with van der Waals surface area (Å²) in [4.78, 5) is 0. The molecule has 0 aromatic heterocycles. The highest BCUT2D eigenvalue weighted by Crippen LogP contribution is 2.25. The molecule has 0 fully saturated rings. The summed E-state index contributed by atoms with van der Waals surface area (Å²) < 4.78 is 6.03. The van der Waals surface area contributed by atoms with E-state index in [0.29, 0.717) is 6.04 Å². The van der Waals surface area contributed by atoms with Gasteiger partial charge >= 0.3 is 0 Å². The lowest BCUT2D eigenvalue weighted by molar-refractivity contribution is 0.298. The number of nitrogens with one attached hydrogen (secondary N) is 1. The molecule has 1 aromatic rings. The molecule has 0 spiro atoms. The van der Waals surface area contributed by atoms with E-state index in [4.69, 9.17) is 4.74 Å². The van der Waals surface area contributed by atoms with E-state index in [9.17, 15) is 0 Å². The van der Waals surface area contributed by atoms with Crippen LogP contribution in [0.3, 0.4) is 0 Å². The maximum Gasteiger partial charge on any atom is 0.124 e. The van der Waals surface area contributed by atoms with Gasteiger partial charge in [0.05, 0.1) is 6.61 Å². The zero-order valence-electron chi connectivity index (χ0n) is 14.9. The van der Waals surface area contributed by atoms with Gasteiger partial charge in [-0.1, -0.05) is 70.6 Å². The summed E-state index contributed by atoms with van der Waals surface area (Å²) in [5.74, 6) is 1.05. The SMILES string of the molecule is CCCCCCCCOc1ccccc1C(C)NCCCC. The van der Waals surface area contributed by atoms with Crippen molar-refractivity contribution in [1.82, 2.24) is 5.32 Å². The highest BCUT2D eigenvalue weighted by Gasteiger charge is 2.10. The van der Waals surface area contributed by atoms with Crippen molar-refractivity contribution >= 4 is 0 Å². The average Bonchev–Trinajstić information content (AvgIpc) is 2.54. The van der Waals surface area contributed by atoms with Crippen LogP contribution in [0.2, 0.25) is 0 Å². The molecule has 1 aromatic carbocycles. The van der Waals surface area contributed by atoms with Gasteiger partial charge in [0.25, 0.3) is 0 Å². The molecule has 2 nitrogen and oxygen atoms in total. The van der Waals surface area contributed by atoms with Crippen LogP contribution in [0, 0.1) is 0 Å². The Morgan fingerprint density at radius 1 is 0.909 bits per heavy atom. The average molecular weight is 306 g/mol. The standard InChI is InChI=1S/C20H35NO/c1-4-6-8-9-10-13-17-22-20-15-12-11-14-19(20)18(3)21-16-7-5-2/h11-12,14-15,18,21H,4-10,13,16-17H2,1-3H3. The Kier molecular flexibility index (Phi) is 10.8. The van der Waals surface area contributed by atoms with Gasteiger partial charge in [0.15, 0.2) is 0 Å². The Balaban J connectivity index is 2.33. The van der Waals surface area contributed by atoms with Crippen molar-refractivity contribution in [2.75, 3.05) is 13.2 Å². The van der Waals surface area contributed by atoms with E-state index < -0.39 is 0 Å². The second kappa shape index (κ2) is 12.5. The van der Waals surface area contributed by atoms with Crippen molar-refractivity contribution in [1.29, 1.82) is 0 Å². The van der Waals surface area contributed by atoms with Crippen LogP contribution in [0.1, 0.15) is 83.7 Å². The lowest BCUT2D eigenvalue weighted by atomic mass is 10.1. The minimum atomic E-state index is 0.354. The Morgan fingerprint density at radius 2 is 1.59 bits per heavy atom. The van der Waals surface area contributed by atoms with Crippen LogP contribution in [-0.4, -0.2) is 13.2 Å². The van der Waals surface area contributed by atoms with E-state index in [1.54, 1.807) is 0 Å². The van der Waals surface area contributed by atoms with Gasteiger partial charge in [-0.3, -0.25) is 0 Å². The predicted molar refractivity (Wildman–Crippen MR) is 96.6 cm³/mol. The predicted octanol–water partition coefficient (Wildman–Crippen LogP) is 5.88. The number of benzene rings is 1. The van der Waals surface area contributed by atoms with E-state index in [0.717, 1.165) is 25.3 Å². The van der Waals surface area contributed by atoms with Crippen molar-refractivity contribution in [3.05, 3.63) is 29.8 Å². The Bertz CT molecular complexity index is 378. The molecule has 1 rings (SSSR count). The Labute approximate surface area is 137 Å². The molecule has 0 radical (unpaired) electrons. The van der Waals surface area contributed by atoms with Crippen LogP contribution in [-0.2, 0) is 0 Å². The fraction of sp³-hybridized carbons (Fsp3) is 0.700. The van der Waals surface area contributed by atoms with E-state index in [-0.39, 0.29) is 0 Å². The number of hydrogen-bond acceptors (Lipinski definition) is 2. The molecule has 0 aliphatic heterocycles. The van der Waals surface area contributed by atoms with Crippen molar-refractivity contribution in [2.24, 2.45) is 0 Å². The van der Waals surface area contributed by atoms with Gasteiger partial charge in [0.2, 0.25) is 0 Å². The van der Waals surface area contributed by atoms with Crippen LogP contribution < -0.4 is 10.1 Å². The van der Waals surface area contributed by atoms with Gasteiger partial charge < -0.3 is 10.1 Å². The third-order valence-corrected chi connectivity index (χ3v) is 4.12. The summed E-state index contributed by atoms with van der Waals surface area (Å²) in [6.45, 7) is 8.62. The molecule has 2 heteroatoms. The monoisotopic (exact) mass is 305 g/mol. The number of unbranched alkanes of at least 4 members (excludes halogenated alkanes) is 6. The van der Waals surface area contributed by atoms with Crippen LogP contribution in [0.15, 0.2) is 24.3 Å². The van der Waals surface area contributed by atoms with Crippen LogP contribution in [0.25, 0.3) is 0 Å². The molecule has 126 valence electrons. The van der Waals surface area contributed by atoms with Crippen LogP contribution >= 0.6 is 0 Å². The van der Waals surface area contributed by atoms with Gasteiger partial charge in [-0.2, -0.15) is 0 Å². The molecule has 1 atom stereocenters. The van der Waals surface area contributed by atoms with Crippen LogP contribution in [0.5, 0.6) is 5.75 Å². The largest absolute Gasteiger partial charge is 0.493 e. The van der Waals surface area contributed by atoms with Gasteiger partial charge in [-0.05, 0) is 32.4 Å². The van der Waals surface area contributed by atoms with E-state index >= 15 is 0 Å². The summed E-state index contributed by atoms with van der Waals surface area (Å²) >= 11 is 0. The van der Waals surface area contributed by atoms with Gasteiger partial charge in [-0.15, -0.1) is 0 Å². The fourth-order valence-electron chi connectivity index (χ4n) is 2.64. The Morgan fingerprint density at radius 3 is 2.36 bits per heavy atom. The number of ether oxygens (including phenoxy) is 1. The maximum atomic E-state index is 6.03. The minimum absolute atomic E-state index is 0.354. The molecule has 0 amide bonds. The van der Waals surface area contributed by atoms with E-state index in [1.807, 2.05) is 0 Å². The molecule has 1 N–H and O–H groups in total. The van der Waals surface area contributed by atoms with Gasteiger partial charge in [0, 0.05) is 11.6 Å². The molecule has 0 aliphatic rings. The maximum absolute atomic E-state index is 6.03. The normalized spacial score (nSPS) is 12.3. The lowest BCUT2D eigenvalue weighted by Crippen LogP contribution is -2.20. The minimum Gasteiger partial charge on any atom is -0.493 e. The molecule has 1 unspecified atom stereocenters. The summed E-state index contributed by atoms with van der Waals surface area (Å²) in [6.07, 6.45) is 10.3. The van der Waals surface area contributed by atoms with Crippen molar-refractivity contribution < 1.29 is 4.74 Å². The second-order valence-corrected chi connectivity index (χ2v) is 6.18. The molecular formula is C20H35NO. The van der Waals surface area contributed by atoms with Crippen molar-refractivity contribution in [3.8, 4) is 5.75 Å². The molecule has 0 saturated heterocycles. The van der Waals surface area contributed by atoms with Crippen molar-refractivity contribution in [2.45, 2.75) is 78.2 Å². The summed E-state index contributed by atoms with van der Waals surface area (Å²) in [7, 11) is 0. The van der Waals surface area contributed by atoms with E-state index in [2.05, 4.69) is 50.4 Å². The number of rotatable bonds is 13. The highest BCUT2D eigenvalue weighted by atomic mass is 16.5. The first-order valence-corrected chi connectivity index (χ1v) is 9.24. The van der Waals surface area contributed by atoms with Crippen molar-refractivity contribution in [3.63, 3.8) is 0 Å². The first-order chi connectivity index (χ1) is 10.8. The third kappa shape index (κ3) is 7.84. The van der Waals surface area contributed by atoms with Gasteiger partial charge in [0.1, 0.15) is 5.75 Å². The Hall–Kier alpha value is -1.02. The molecule has 0 saturated carbocycles. The lowest BCUT2D eigenvalue weighted by Gasteiger charge is -2.18. The first-order valence-electron chi connectivity index (χ1n) is 9.24. The number of para-hydroxylation sites is 1. The third-order valence-electron chi connectivity index (χ3n) is 4.12. The highest BCUT2D eigenvalue weighted by molar-refractivity contribution is 5.35. The molecule has 22 heavy (non-hydrogen) atoms. The van der Waals surface area contributed by atoms with Crippen LogP contribution in [0.4, 0.5) is 0 Å². The summed E-state index contributed by atoms with van der Waals surface area (Å²) in [5.41, 5.74) is 1.28. The summed E-state index contributed by atoms with van der Waals surface area (Å²) in [6, 6.07) is 8.81.